The van der Waals surface area contributed by atoms with E-state index >= 15 is 0 Å². The van der Waals surface area contributed by atoms with Gasteiger partial charge in [-0.15, -0.1) is 11.6 Å². The van der Waals surface area contributed by atoms with Crippen LogP contribution in [0.25, 0.3) is 0 Å². The lowest BCUT2D eigenvalue weighted by atomic mass is 9.81. The van der Waals surface area contributed by atoms with Crippen LogP contribution in [0.2, 0.25) is 0 Å². The van der Waals surface area contributed by atoms with Gasteiger partial charge in [-0.2, -0.15) is 0 Å². The minimum absolute atomic E-state index is 0.175. The van der Waals surface area contributed by atoms with E-state index in [1.807, 2.05) is 19.9 Å². The van der Waals surface area contributed by atoms with Crippen molar-refractivity contribution < 1.29 is 9.90 Å². The fourth-order valence-electron chi connectivity index (χ4n) is 1.87. The van der Waals surface area contributed by atoms with Gasteiger partial charge < -0.3 is 5.11 Å². The second-order valence-corrected chi connectivity index (χ2v) is 5.44. The molecule has 0 fully saturated rings. The summed E-state index contributed by atoms with van der Waals surface area (Å²) in [6.45, 7) is 4.05. The van der Waals surface area contributed by atoms with E-state index < -0.39 is 5.97 Å². The Bertz CT molecular complexity index is 251. The van der Waals surface area contributed by atoms with Gasteiger partial charge in [0.25, 0.3) is 0 Å². The lowest BCUT2D eigenvalue weighted by Gasteiger charge is -2.31. The van der Waals surface area contributed by atoms with Crippen LogP contribution >= 0.6 is 11.6 Å². The van der Waals surface area contributed by atoms with Crippen LogP contribution in [0.4, 0.5) is 0 Å². The summed E-state index contributed by atoms with van der Waals surface area (Å²) in [4.78, 5) is 10.3. The summed E-state index contributed by atoms with van der Waals surface area (Å²) in [5.74, 6) is -0.262. The Kier molecular flexibility index (Phi) is 3.59. The number of hydrogen-bond acceptors (Lipinski definition) is 1. The van der Waals surface area contributed by atoms with Crippen molar-refractivity contribution in [1.29, 1.82) is 0 Å². The first kappa shape index (κ1) is 11.6. The molecule has 0 unspecified atom stereocenters. The summed E-state index contributed by atoms with van der Waals surface area (Å²) < 4.78 is 0. The predicted octanol–water partition coefficient (Wildman–Crippen LogP) is 3.21. The number of hydrogen-bond donors (Lipinski definition) is 1. The predicted molar refractivity (Wildman–Crippen MR) is 57.6 cm³/mol. The maximum Gasteiger partial charge on any atom is 0.307 e. The molecule has 0 saturated carbocycles. The topological polar surface area (TPSA) is 37.3 Å². The van der Waals surface area contributed by atoms with Crippen LogP contribution in [0.15, 0.2) is 11.6 Å². The fraction of sp³-hybridized carbons (Fsp3) is 0.727. The molecule has 3 heteroatoms. The number of aliphatic carboxylic acids is 1. The van der Waals surface area contributed by atoms with E-state index in [4.69, 9.17) is 16.7 Å². The monoisotopic (exact) mass is 216 g/mol. The van der Waals surface area contributed by atoms with Gasteiger partial charge in [0.1, 0.15) is 0 Å². The third kappa shape index (κ3) is 3.33. The van der Waals surface area contributed by atoms with Crippen LogP contribution in [-0.4, -0.2) is 16.0 Å². The van der Waals surface area contributed by atoms with Gasteiger partial charge in [-0.05, 0) is 39.0 Å². The third-order valence-electron chi connectivity index (χ3n) is 2.85. The summed E-state index contributed by atoms with van der Waals surface area (Å²) in [5.41, 5.74) is 1.05. The summed E-state index contributed by atoms with van der Waals surface area (Å²) in [7, 11) is 0. The second kappa shape index (κ2) is 4.35. The molecule has 0 bridgehead atoms. The Balaban J connectivity index is 2.51. The van der Waals surface area contributed by atoms with E-state index in [0.717, 1.165) is 24.8 Å². The van der Waals surface area contributed by atoms with Crippen molar-refractivity contribution in [3.63, 3.8) is 0 Å². The summed E-state index contributed by atoms with van der Waals surface area (Å²) >= 11 is 6.22. The van der Waals surface area contributed by atoms with Gasteiger partial charge in [0.2, 0.25) is 0 Å². The molecule has 2 nitrogen and oxygen atoms in total. The van der Waals surface area contributed by atoms with Crippen molar-refractivity contribution in [2.45, 2.75) is 44.4 Å². The Morgan fingerprint density at radius 2 is 2.36 bits per heavy atom. The van der Waals surface area contributed by atoms with Gasteiger partial charge >= 0.3 is 5.97 Å². The van der Waals surface area contributed by atoms with Gasteiger partial charge in [-0.1, -0.05) is 11.6 Å². The van der Waals surface area contributed by atoms with E-state index in [1.54, 1.807) is 0 Å². The Morgan fingerprint density at radius 3 is 2.71 bits per heavy atom. The molecule has 1 aliphatic carbocycles. The van der Waals surface area contributed by atoms with Crippen molar-refractivity contribution in [3.05, 3.63) is 11.6 Å². The summed E-state index contributed by atoms with van der Waals surface area (Å²) in [5, 5.41) is 8.62. The number of halogens is 1. The molecule has 1 atom stereocenters. The number of carboxylic acid groups (broad SMARTS) is 1. The molecule has 0 radical (unpaired) electrons. The molecule has 1 aliphatic rings. The highest BCUT2D eigenvalue weighted by atomic mass is 35.5. The maximum absolute atomic E-state index is 10.5. The number of alkyl halides is 1. The molecule has 0 aromatic heterocycles. The first-order valence-electron chi connectivity index (χ1n) is 4.98. The minimum Gasteiger partial charge on any atom is -0.481 e. The third-order valence-corrected chi connectivity index (χ3v) is 3.16. The lowest BCUT2D eigenvalue weighted by molar-refractivity contribution is -0.136. The number of rotatable bonds is 3. The average molecular weight is 217 g/mol. The highest BCUT2D eigenvalue weighted by molar-refractivity contribution is 6.23. The van der Waals surface area contributed by atoms with E-state index in [9.17, 15) is 4.79 Å². The van der Waals surface area contributed by atoms with Crippen molar-refractivity contribution >= 4 is 17.6 Å². The molecule has 14 heavy (non-hydrogen) atoms. The van der Waals surface area contributed by atoms with Gasteiger partial charge in [0.05, 0.1) is 6.42 Å². The molecule has 1 rings (SSSR count). The van der Waals surface area contributed by atoms with Crippen LogP contribution in [0.5, 0.6) is 0 Å². The number of carbonyl (C=O) groups is 1. The first-order chi connectivity index (χ1) is 6.39. The summed E-state index contributed by atoms with van der Waals surface area (Å²) in [6, 6.07) is 0. The number of carboxylic acids is 1. The van der Waals surface area contributed by atoms with Crippen LogP contribution in [-0.2, 0) is 4.79 Å². The van der Waals surface area contributed by atoms with Gasteiger partial charge in [0, 0.05) is 4.87 Å². The Labute approximate surface area is 90.0 Å². The zero-order valence-corrected chi connectivity index (χ0v) is 9.47. The van der Waals surface area contributed by atoms with Crippen LogP contribution in [0, 0.1) is 5.92 Å². The maximum atomic E-state index is 10.5. The van der Waals surface area contributed by atoms with Crippen LogP contribution in [0.1, 0.15) is 39.5 Å². The molecule has 0 aliphatic heterocycles. The molecule has 0 saturated heterocycles. The minimum atomic E-state index is -0.736. The lowest BCUT2D eigenvalue weighted by Crippen LogP contribution is -2.26. The summed E-state index contributed by atoms with van der Waals surface area (Å²) in [6.07, 6.45) is 5.05. The van der Waals surface area contributed by atoms with Crippen LogP contribution < -0.4 is 0 Å². The molecule has 0 spiro atoms. The largest absolute Gasteiger partial charge is 0.481 e. The van der Waals surface area contributed by atoms with E-state index in [-0.39, 0.29) is 11.3 Å². The van der Waals surface area contributed by atoms with Crippen molar-refractivity contribution in [1.82, 2.24) is 0 Å². The van der Waals surface area contributed by atoms with Gasteiger partial charge in [0.15, 0.2) is 0 Å². The van der Waals surface area contributed by atoms with Crippen molar-refractivity contribution in [3.8, 4) is 0 Å². The SMILES string of the molecule is CC(C)(Cl)[C@@H]1CC=C(CC(=O)O)CC1. The van der Waals surface area contributed by atoms with Crippen molar-refractivity contribution in [2.24, 2.45) is 5.92 Å². The Hall–Kier alpha value is -0.500. The molecular formula is C11H17ClO2. The highest BCUT2D eigenvalue weighted by Gasteiger charge is 2.28. The molecular weight excluding hydrogens is 200 g/mol. The zero-order valence-electron chi connectivity index (χ0n) is 8.72. The van der Waals surface area contributed by atoms with E-state index in [2.05, 4.69) is 0 Å². The smallest absolute Gasteiger partial charge is 0.307 e. The quantitative estimate of drug-likeness (QED) is 0.581. The molecule has 80 valence electrons. The highest BCUT2D eigenvalue weighted by Crippen LogP contribution is 2.36. The van der Waals surface area contributed by atoms with Crippen molar-refractivity contribution in [2.75, 3.05) is 0 Å². The second-order valence-electron chi connectivity index (χ2n) is 4.47. The van der Waals surface area contributed by atoms with E-state index in [1.165, 1.54) is 0 Å². The van der Waals surface area contributed by atoms with Crippen LogP contribution in [0.3, 0.4) is 0 Å². The van der Waals surface area contributed by atoms with E-state index in [0.29, 0.717) is 5.92 Å². The van der Waals surface area contributed by atoms with Gasteiger partial charge in [-0.25, -0.2) is 0 Å². The van der Waals surface area contributed by atoms with Gasteiger partial charge in [-0.3, -0.25) is 4.79 Å². The standard InChI is InChI=1S/C11H17ClO2/c1-11(2,12)9-5-3-8(4-6-9)7-10(13)14/h3,9H,4-7H2,1-2H3,(H,13,14)/t9-/m1/s1. The normalized spacial score (nSPS) is 23.1. The zero-order chi connectivity index (χ0) is 10.8. The molecule has 0 aromatic rings. The average Bonchev–Trinajstić information content (AvgIpc) is 2.02. The fourth-order valence-corrected chi connectivity index (χ4v) is 2.06. The molecule has 0 aromatic carbocycles. The molecule has 1 N–H and O–H groups in total. The molecule has 0 heterocycles. The molecule has 0 amide bonds. The Morgan fingerprint density at radius 1 is 1.71 bits per heavy atom. The number of allylic oxidation sites excluding steroid dienone is 1. The first-order valence-corrected chi connectivity index (χ1v) is 5.36.